The number of benzene rings is 1. The first kappa shape index (κ1) is 14.4. The van der Waals surface area contributed by atoms with Crippen LogP contribution < -0.4 is 4.72 Å². The molecule has 7 heteroatoms. The van der Waals surface area contributed by atoms with Crippen LogP contribution in [-0.2, 0) is 16.4 Å². The van der Waals surface area contributed by atoms with E-state index in [0.29, 0.717) is 0 Å². The predicted octanol–water partition coefficient (Wildman–Crippen LogP) is 2.72. The minimum absolute atomic E-state index is 0.00146. The molecule has 0 saturated heterocycles. The summed E-state index contributed by atoms with van der Waals surface area (Å²) >= 11 is 0. The number of pyridine rings is 1. The van der Waals surface area contributed by atoms with Gasteiger partial charge in [-0.1, -0.05) is 19.1 Å². The maximum Gasteiger partial charge on any atom is 0.262 e. The average Bonchev–Trinajstić information content (AvgIpc) is 2.42. The third-order valence-electron chi connectivity index (χ3n) is 2.70. The lowest BCUT2D eigenvalue weighted by Gasteiger charge is -2.08. The smallest absolute Gasteiger partial charge is 0.262 e. The first-order valence-electron chi connectivity index (χ1n) is 5.86. The van der Waals surface area contributed by atoms with Crippen LogP contribution in [0.2, 0.25) is 0 Å². The molecular formula is C13H12F2N2O2S. The maximum absolute atomic E-state index is 13.3. The Balaban J connectivity index is 2.30. The van der Waals surface area contributed by atoms with Gasteiger partial charge in [0.1, 0.15) is 5.69 Å². The Morgan fingerprint density at radius 2 is 1.75 bits per heavy atom. The number of rotatable bonds is 4. The van der Waals surface area contributed by atoms with Crippen molar-refractivity contribution in [2.24, 2.45) is 0 Å². The van der Waals surface area contributed by atoms with Gasteiger partial charge in [-0.25, -0.2) is 8.42 Å². The standard InChI is InChI=1S/C13H12F2N2O2S/c1-2-9-3-5-10(6-4-9)20(18,19)17-11-7-8-12(14)16-13(11)15/h3-8,17H,2H2,1H3. The second kappa shape index (κ2) is 5.54. The molecule has 0 atom stereocenters. The SMILES string of the molecule is CCc1ccc(S(=O)(=O)Nc2ccc(F)nc2F)cc1. The third kappa shape index (κ3) is 3.11. The highest BCUT2D eigenvalue weighted by molar-refractivity contribution is 7.92. The highest BCUT2D eigenvalue weighted by Crippen LogP contribution is 2.18. The number of halogens is 2. The molecule has 0 unspecified atom stereocenters. The fourth-order valence-corrected chi connectivity index (χ4v) is 2.65. The van der Waals surface area contributed by atoms with E-state index in [9.17, 15) is 17.2 Å². The van der Waals surface area contributed by atoms with E-state index in [1.54, 1.807) is 12.1 Å². The van der Waals surface area contributed by atoms with Crippen molar-refractivity contribution in [2.45, 2.75) is 18.2 Å². The van der Waals surface area contributed by atoms with Crippen molar-refractivity contribution in [3.05, 3.63) is 53.9 Å². The van der Waals surface area contributed by atoms with Crippen molar-refractivity contribution in [2.75, 3.05) is 4.72 Å². The van der Waals surface area contributed by atoms with Gasteiger partial charge < -0.3 is 0 Å². The molecule has 20 heavy (non-hydrogen) atoms. The minimum Gasteiger partial charge on any atom is -0.275 e. The van der Waals surface area contributed by atoms with E-state index in [0.717, 1.165) is 24.1 Å². The number of nitrogens with one attached hydrogen (secondary N) is 1. The summed E-state index contributed by atoms with van der Waals surface area (Å²) in [6.45, 7) is 1.95. The summed E-state index contributed by atoms with van der Waals surface area (Å²) in [7, 11) is -3.93. The maximum atomic E-state index is 13.3. The molecule has 0 amide bonds. The second-order valence-electron chi connectivity index (χ2n) is 4.08. The number of sulfonamides is 1. The first-order valence-corrected chi connectivity index (χ1v) is 7.34. The van der Waals surface area contributed by atoms with Crippen LogP contribution in [0.25, 0.3) is 0 Å². The zero-order valence-electron chi connectivity index (χ0n) is 10.6. The van der Waals surface area contributed by atoms with Crippen LogP contribution in [0, 0.1) is 11.9 Å². The van der Waals surface area contributed by atoms with E-state index in [2.05, 4.69) is 4.98 Å². The van der Waals surface area contributed by atoms with E-state index in [-0.39, 0.29) is 4.90 Å². The molecule has 1 N–H and O–H groups in total. The minimum atomic E-state index is -3.93. The Morgan fingerprint density at radius 1 is 1.10 bits per heavy atom. The van der Waals surface area contributed by atoms with Crippen LogP contribution in [-0.4, -0.2) is 13.4 Å². The number of aromatic nitrogens is 1. The summed E-state index contributed by atoms with van der Waals surface area (Å²) in [6, 6.07) is 8.06. The van der Waals surface area contributed by atoms with Crippen LogP contribution in [0.15, 0.2) is 41.3 Å². The normalized spacial score (nSPS) is 11.3. The molecular weight excluding hydrogens is 286 g/mol. The van der Waals surface area contributed by atoms with Gasteiger partial charge >= 0.3 is 0 Å². The summed E-state index contributed by atoms with van der Waals surface area (Å²) in [5.41, 5.74) is 0.588. The Morgan fingerprint density at radius 3 is 2.30 bits per heavy atom. The number of aryl methyl sites for hydroxylation is 1. The first-order chi connectivity index (χ1) is 9.42. The molecule has 4 nitrogen and oxygen atoms in total. The molecule has 0 saturated carbocycles. The lowest BCUT2D eigenvalue weighted by molar-refractivity contribution is 0.515. The second-order valence-corrected chi connectivity index (χ2v) is 5.76. The molecule has 0 fully saturated rings. The zero-order valence-corrected chi connectivity index (χ0v) is 11.4. The van der Waals surface area contributed by atoms with Crippen LogP contribution in [0.4, 0.5) is 14.5 Å². The van der Waals surface area contributed by atoms with Crippen molar-refractivity contribution >= 4 is 15.7 Å². The zero-order chi connectivity index (χ0) is 14.8. The molecule has 0 aliphatic carbocycles. The Labute approximate surface area is 115 Å². The van der Waals surface area contributed by atoms with E-state index in [1.807, 2.05) is 11.6 Å². The highest BCUT2D eigenvalue weighted by atomic mass is 32.2. The number of hydrogen-bond donors (Lipinski definition) is 1. The molecule has 0 bridgehead atoms. The fraction of sp³-hybridized carbons (Fsp3) is 0.154. The largest absolute Gasteiger partial charge is 0.275 e. The van der Waals surface area contributed by atoms with Crippen molar-refractivity contribution in [3.8, 4) is 0 Å². The molecule has 0 aliphatic heterocycles. The van der Waals surface area contributed by atoms with Crippen molar-refractivity contribution in [3.63, 3.8) is 0 Å². The molecule has 0 radical (unpaired) electrons. The number of anilines is 1. The lowest BCUT2D eigenvalue weighted by Crippen LogP contribution is -2.14. The van der Waals surface area contributed by atoms with Gasteiger partial charge in [-0.2, -0.15) is 13.8 Å². The van der Waals surface area contributed by atoms with Gasteiger partial charge in [0.2, 0.25) is 11.9 Å². The molecule has 2 rings (SSSR count). The molecule has 1 heterocycles. The van der Waals surface area contributed by atoms with Crippen molar-refractivity contribution in [1.29, 1.82) is 0 Å². The molecule has 0 spiro atoms. The van der Waals surface area contributed by atoms with Gasteiger partial charge in [-0.05, 0) is 36.2 Å². The van der Waals surface area contributed by atoms with Crippen molar-refractivity contribution in [1.82, 2.24) is 4.98 Å². The molecule has 106 valence electrons. The Kier molecular flexibility index (Phi) is 3.99. The van der Waals surface area contributed by atoms with Crippen molar-refractivity contribution < 1.29 is 17.2 Å². The monoisotopic (exact) mass is 298 g/mol. The predicted molar refractivity (Wildman–Crippen MR) is 70.8 cm³/mol. The van der Waals surface area contributed by atoms with Crippen LogP contribution in [0.5, 0.6) is 0 Å². The van der Waals surface area contributed by atoms with E-state index in [4.69, 9.17) is 0 Å². The Hall–Kier alpha value is -2.02. The van der Waals surface area contributed by atoms with Gasteiger partial charge in [-0.15, -0.1) is 0 Å². The Bertz CT molecular complexity index is 716. The molecule has 1 aromatic carbocycles. The summed E-state index contributed by atoms with van der Waals surface area (Å²) in [4.78, 5) is 2.92. The summed E-state index contributed by atoms with van der Waals surface area (Å²) in [6.07, 6.45) is 0.782. The summed E-state index contributed by atoms with van der Waals surface area (Å²) in [5.74, 6) is -2.23. The van der Waals surface area contributed by atoms with E-state index >= 15 is 0 Å². The van der Waals surface area contributed by atoms with Gasteiger partial charge in [0.05, 0.1) is 4.90 Å². The van der Waals surface area contributed by atoms with Gasteiger partial charge in [0.15, 0.2) is 0 Å². The number of nitrogens with zero attached hydrogens (tertiary/aromatic N) is 1. The van der Waals surface area contributed by atoms with Crippen LogP contribution in [0.1, 0.15) is 12.5 Å². The highest BCUT2D eigenvalue weighted by Gasteiger charge is 2.17. The fourth-order valence-electron chi connectivity index (χ4n) is 1.60. The molecule has 0 aliphatic rings. The topological polar surface area (TPSA) is 59.1 Å². The summed E-state index contributed by atoms with van der Waals surface area (Å²) in [5, 5.41) is 0. The van der Waals surface area contributed by atoms with Gasteiger partial charge in [0.25, 0.3) is 10.0 Å². The van der Waals surface area contributed by atoms with Gasteiger partial charge in [0, 0.05) is 0 Å². The molecule has 2 aromatic rings. The summed E-state index contributed by atoms with van der Waals surface area (Å²) < 4.78 is 52.1. The van der Waals surface area contributed by atoms with Crippen LogP contribution >= 0.6 is 0 Å². The van der Waals surface area contributed by atoms with E-state index < -0.39 is 27.6 Å². The van der Waals surface area contributed by atoms with Crippen LogP contribution in [0.3, 0.4) is 0 Å². The molecule has 1 aromatic heterocycles. The number of hydrogen-bond acceptors (Lipinski definition) is 3. The quantitative estimate of drug-likeness (QED) is 0.883. The van der Waals surface area contributed by atoms with Gasteiger partial charge in [-0.3, -0.25) is 4.72 Å². The average molecular weight is 298 g/mol. The van der Waals surface area contributed by atoms with E-state index in [1.165, 1.54) is 12.1 Å². The lowest BCUT2D eigenvalue weighted by atomic mass is 10.2. The third-order valence-corrected chi connectivity index (χ3v) is 4.08.